The van der Waals surface area contributed by atoms with E-state index in [4.69, 9.17) is 0 Å². The fourth-order valence-electron chi connectivity index (χ4n) is 3.23. The van der Waals surface area contributed by atoms with Gasteiger partial charge in [-0.1, -0.05) is 19.1 Å². The molecule has 0 bridgehead atoms. The van der Waals surface area contributed by atoms with E-state index in [1.54, 1.807) is 6.33 Å². The first-order chi connectivity index (χ1) is 10.7. The molecule has 112 valence electrons. The van der Waals surface area contributed by atoms with E-state index in [2.05, 4.69) is 53.4 Å². The first kappa shape index (κ1) is 13.7. The van der Waals surface area contributed by atoms with Crippen LogP contribution in [0.4, 0.5) is 11.5 Å². The highest BCUT2D eigenvalue weighted by Gasteiger charge is 2.23. The zero-order valence-electron chi connectivity index (χ0n) is 12.9. The zero-order chi connectivity index (χ0) is 15.1. The molecule has 0 saturated carbocycles. The van der Waals surface area contributed by atoms with Gasteiger partial charge in [-0.25, -0.2) is 9.97 Å². The van der Waals surface area contributed by atoms with Gasteiger partial charge in [-0.15, -0.1) is 11.3 Å². The molecule has 22 heavy (non-hydrogen) atoms. The Bertz CT molecular complexity index is 837. The Labute approximate surface area is 134 Å². The molecule has 0 unspecified atom stereocenters. The molecule has 4 rings (SSSR count). The summed E-state index contributed by atoms with van der Waals surface area (Å²) in [5.74, 6) is 1.73. The second-order valence-corrected chi connectivity index (χ2v) is 7.33. The average molecular weight is 309 g/mol. The highest BCUT2D eigenvalue weighted by molar-refractivity contribution is 7.19. The summed E-state index contributed by atoms with van der Waals surface area (Å²) in [7, 11) is 0. The average Bonchev–Trinajstić information content (AvgIpc) is 2.85. The minimum absolute atomic E-state index is 0.779. The molecule has 0 radical (unpaired) electrons. The van der Waals surface area contributed by atoms with Crippen LogP contribution in [0.3, 0.4) is 0 Å². The standard InChI is InChI=1S/C18H19N3S/c1-11-4-3-5-13(8-11)21-17-16-14-7-6-12(2)9-15(14)22-18(16)20-10-19-17/h3-5,8,10,12H,6-7,9H2,1-2H3,(H,19,20,21)/t12-/m0/s1. The topological polar surface area (TPSA) is 37.8 Å². The monoisotopic (exact) mass is 309 g/mol. The molecular weight excluding hydrogens is 290 g/mol. The Kier molecular flexibility index (Phi) is 3.34. The first-order valence-electron chi connectivity index (χ1n) is 7.79. The fourth-order valence-corrected chi connectivity index (χ4v) is 4.58. The number of thiophene rings is 1. The van der Waals surface area contributed by atoms with Crippen molar-refractivity contribution in [3.05, 3.63) is 46.6 Å². The number of nitrogens with one attached hydrogen (secondary N) is 1. The van der Waals surface area contributed by atoms with Gasteiger partial charge in [0.2, 0.25) is 0 Å². The summed E-state index contributed by atoms with van der Waals surface area (Å²) in [5.41, 5.74) is 3.80. The number of fused-ring (bicyclic) bond motifs is 3. The van der Waals surface area contributed by atoms with Gasteiger partial charge in [-0.05, 0) is 55.4 Å². The molecule has 0 amide bonds. The molecule has 0 saturated heterocycles. The highest BCUT2D eigenvalue weighted by Crippen LogP contribution is 2.40. The molecule has 1 atom stereocenters. The number of rotatable bonds is 2. The van der Waals surface area contributed by atoms with Crippen molar-refractivity contribution < 1.29 is 0 Å². The summed E-state index contributed by atoms with van der Waals surface area (Å²) < 4.78 is 0. The van der Waals surface area contributed by atoms with Crippen molar-refractivity contribution >= 4 is 33.1 Å². The van der Waals surface area contributed by atoms with E-state index in [0.29, 0.717) is 0 Å². The molecule has 1 aliphatic carbocycles. The number of hydrogen-bond donors (Lipinski definition) is 1. The molecule has 1 aliphatic rings. The van der Waals surface area contributed by atoms with Crippen LogP contribution < -0.4 is 5.32 Å². The normalized spacial score (nSPS) is 17.5. The van der Waals surface area contributed by atoms with E-state index in [9.17, 15) is 0 Å². The maximum absolute atomic E-state index is 4.52. The van der Waals surface area contributed by atoms with Crippen LogP contribution in [0.25, 0.3) is 10.2 Å². The Morgan fingerprint density at radius 2 is 2.18 bits per heavy atom. The molecule has 3 nitrogen and oxygen atoms in total. The Hall–Kier alpha value is -1.94. The quantitative estimate of drug-likeness (QED) is 0.734. The molecule has 1 aromatic carbocycles. The highest BCUT2D eigenvalue weighted by atomic mass is 32.1. The predicted octanol–water partition coefficient (Wildman–Crippen LogP) is 4.87. The molecule has 1 N–H and O–H groups in total. The second kappa shape index (κ2) is 5.36. The van der Waals surface area contributed by atoms with Crippen molar-refractivity contribution in [3.63, 3.8) is 0 Å². The number of benzene rings is 1. The summed E-state index contributed by atoms with van der Waals surface area (Å²) in [6, 6.07) is 8.41. The van der Waals surface area contributed by atoms with Gasteiger partial charge in [0.1, 0.15) is 17.0 Å². The van der Waals surface area contributed by atoms with E-state index >= 15 is 0 Å². The SMILES string of the molecule is Cc1cccc(Nc2ncnc3sc4c(c23)CC[C@H](C)C4)c1. The lowest BCUT2D eigenvalue weighted by Crippen LogP contribution is -2.09. The van der Waals surface area contributed by atoms with Crippen molar-refractivity contribution in [2.75, 3.05) is 5.32 Å². The number of aromatic nitrogens is 2. The van der Waals surface area contributed by atoms with E-state index in [1.807, 2.05) is 11.3 Å². The van der Waals surface area contributed by atoms with Crippen LogP contribution in [0.2, 0.25) is 0 Å². The van der Waals surface area contributed by atoms with Crippen molar-refractivity contribution in [2.24, 2.45) is 5.92 Å². The molecule has 2 aromatic heterocycles. The van der Waals surface area contributed by atoms with Crippen LogP contribution in [0, 0.1) is 12.8 Å². The molecule has 3 aromatic rings. The number of anilines is 2. The van der Waals surface area contributed by atoms with Gasteiger partial charge in [-0.3, -0.25) is 0 Å². The molecular formula is C18H19N3S. The van der Waals surface area contributed by atoms with Gasteiger partial charge in [0.05, 0.1) is 5.39 Å². The minimum Gasteiger partial charge on any atom is -0.340 e. The van der Waals surface area contributed by atoms with Crippen molar-refractivity contribution in [3.8, 4) is 0 Å². The van der Waals surface area contributed by atoms with Gasteiger partial charge in [0.25, 0.3) is 0 Å². The van der Waals surface area contributed by atoms with Gasteiger partial charge in [0.15, 0.2) is 0 Å². The largest absolute Gasteiger partial charge is 0.340 e. The van der Waals surface area contributed by atoms with E-state index in [1.165, 1.54) is 34.2 Å². The van der Waals surface area contributed by atoms with Crippen molar-refractivity contribution in [1.29, 1.82) is 0 Å². The summed E-state index contributed by atoms with van der Waals surface area (Å²) in [4.78, 5) is 11.6. The Morgan fingerprint density at radius 1 is 1.27 bits per heavy atom. The number of nitrogens with zero attached hydrogens (tertiary/aromatic N) is 2. The lowest BCUT2D eigenvalue weighted by molar-refractivity contribution is 0.509. The van der Waals surface area contributed by atoms with Crippen LogP contribution >= 0.6 is 11.3 Å². The lowest BCUT2D eigenvalue weighted by Gasteiger charge is -2.18. The maximum Gasteiger partial charge on any atom is 0.142 e. The fraction of sp³-hybridized carbons (Fsp3) is 0.333. The molecule has 2 heterocycles. The summed E-state index contributed by atoms with van der Waals surface area (Å²) >= 11 is 1.84. The summed E-state index contributed by atoms with van der Waals surface area (Å²) in [6.07, 6.45) is 5.26. The lowest BCUT2D eigenvalue weighted by atomic mass is 9.89. The van der Waals surface area contributed by atoms with Gasteiger partial charge in [-0.2, -0.15) is 0 Å². The van der Waals surface area contributed by atoms with Crippen LogP contribution in [0.15, 0.2) is 30.6 Å². The number of aryl methyl sites for hydroxylation is 2. The summed E-state index contributed by atoms with van der Waals surface area (Å²) in [6.45, 7) is 4.44. The van der Waals surface area contributed by atoms with E-state index in [0.717, 1.165) is 28.7 Å². The third kappa shape index (κ3) is 2.37. The maximum atomic E-state index is 4.52. The van der Waals surface area contributed by atoms with Crippen LogP contribution in [0.1, 0.15) is 29.3 Å². The Balaban J connectivity index is 1.81. The smallest absolute Gasteiger partial charge is 0.142 e. The zero-order valence-corrected chi connectivity index (χ0v) is 13.7. The molecule has 0 aliphatic heterocycles. The third-order valence-electron chi connectivity index (χ3n) is 4.37. The second-order valence-electron chi connectivity index (χ2n) is 6.25. The third-order valence-corrected chi connectivity index (χ3v) is 5.53. The predicted molar refractivity (Wildman–Crippen MR) is 93.1 cm³/mol. The minimum atomic E-state index is 0.779. The van der Waals surface area contributed by atoms with Gasteiger partial charge >= 0.3 is 0 Å². The Morgan fingerprint density at radius 3 is 3.05 bits per heavy atom. The summed E-state index contributed by atoms with van der Waals surface area (Å²) in [5, 5.41) is 4.72. The molecule has 0 fully saturated rings. The number of hydrogen-bond acceptors (Lipinski definition) is 4. The van der Waals surface area contributed by atoms with Gasteiger partial charge in [0, 0.05) is 10.6 Å². The van der Waals surface area contributed by atoms with Gasteiger partial charge < -0.3 is 5.32 Å². The van der Waals surface area contributed by atoms with Crippen LogP contribution in [-0.4, -0.2) is 9.97 Å². The van der Waals surface area contributed by atoms with Crippen LogP contribution in [0.5, 0.6) is 0 Å². The van der Waals surface area contributed by atoms with Crippen molar-refractivity contribution in [2.45, 2.75) is 33.1 Å². The van der Waals surface area contributed by atoms with Crippen LogP contribution in [-0.2, 0) is 12.8 Å². The molecule has 4 heteroatoms. The van der Waals surface area contributed by atoms with Crippen molar-refractivity contribution in [1.82, 2.24) is 9.97 Å². The van der Waals surface area contributed by atoms with E-state index < -0.39 is 0 Å². The van der Waals surface area contributed by atoms with E-state index in [-0.39, 0.29) is 0 Å². The molecule has 0 spiro atoms. The first-order valence-corrected chi connectivity index (χ1v) is 8.61.